The second kappa shape index (κ2) is 4.98. The van der Waals surface area contributed by atoms with Crippen molar-refractivity contribution in [3.63, 3.8) is 0 Å². The molecule has 0 aliphatic heterocycles. The minimum atomic E-state index is -0.340. The summed E-state index contributed by atoms with van der Waals surface area (Å²) >= 11 is 0. The minimum Gasteiger partial charge on any atom is -0.488 e. The molecule has 21 heavy (non-hydrogen) atoms. The number of nitrogens with zero attached hydrogens (tertiary/aromatic N) is 1. The number of aryl methyl sites for hydroxylation is 2. The van der Waals surface area contributed by atoms with Crippen LogP contribution in [0, 0.1) is 19.7 Å². The van der Waals surface area contributed by atoms with Gasteiger partial charge in [-0.25, -0.2) is 4.39 Å². The van der Waals surface area contributed by atoms with Gasteiger partial charge < -0.3 is 9.26 Å². The lowest BCUT2D eigenvalue weighted by Gasteiger charge is -2.11. The molecule has 0 saturated carbocycles. The van der Waals surface area contributed by atoms with Crippen LogP contribution in [0.15, 0.2) is 16.7 Å². The van der Waals surface area contributed by atoms with Gasteiger partial charge in [-0.05, 0) is 31.9 Å². The van der Waals surface area contributed by atoms with Gasteiger partial charge in [0.2, 0.25) is 0 Å². The van der Waals surface area contributed by atoms with Crippen LogP contribution in [0.25, 0.3) is 0 Å². The Hall–Kier alpha value is -2.17. The van der Waals surface area contributed by atoms with E-state index in [-0.39, 0.29) is 24.1 Å². The van der Waals surface area contributed by atoms with Gasteiger partial charge in [0.25, 0.3) is 0 Å². The van der Waals surface area contributed by atoms with E-state index in [0.717, 1.165) is 11.3 Å². The van der Waals surface area contributed by atoms with Crippen molar-refractivity contribution in [1.29, 1.82) is 0 Å². The molecule has 1 aromatic heterocycles. The smallest absolute Gasteiger partial charge is 0.167 e. The van der Waals surface area contributed by atoms with Crippen LogP contribution in [0.1, 0.15) is 52.2 Å². The lowest BCUT2D eigenvalue weighted by molar-refractivity contribution is 0.0986. The van der Waals surface area contributed by atoms with Crippen LogP contribution in [-0.2, 0) is 6.61 Å². The molecular formula is C16H16FNO3. The molecule has 0 amide bonds. The van der Waals surface area contributed by atoms with E-state index in [1.54, 1.807) is 6.92 Å². The predicted molar refractivity (Wildman–Crippen MR) is 74.1 cm³/mol. The van der Waals surface area contributed by atoms with Gasteiger partial charge in [0.1, 0.15) is 23.9 Å². The van der Waals surface area contributed by atoms with Gasteiger partial charge in [0.15, 0.2) is 5.78 Å². The summed E-state index contributed by atoms with van der Waals surface area (Å²) in [6, 6.07) is 2.87. The van der Waals surface area contributed by atoms with Crippen molar-refractivity contribution in [1.82, 2.24) is 5.16 Å². The number of benzene rings is 1. The Morgan fingerprint density at radius 1 is 1.43 bits per heavy atom. The molecule has 1 aromatic carbocycles. The predicted octanol–water partition coefficient (Wildman–Crippen LogP) is 3.70. The Morgan fingerprint density at radius 2 is 2.19 bits per heavy atom. The Labute approximate surface area is 121 Å². The molecular weight excluding hydrogens is 273 g/mol. The minimum absolute atomic E-state index is 0.0641. The van der Waals surface area contributed by atoms with Crippen molar-refractivity contribution in [3.05, 3.63) is 46.1 Å². The highest BCUT2D eigenvalue weighted by molar-refractivity contribution is 6.03. The fraction of sp³-hybridized carbons (Fsp3) is 0.375. The quantitative estimate of drug-likeness (QED) is 0.864. The summed E-state index contributed by atoms with van der Waals surface area (Å²) in [5.74, 6) is 0.612. The van der Waals surface area contributed by atoms with Crippen molar-refractivity contribution in [2.24, 2.45) is 0 Å². The number of hydrogen-bond donors (Lipinski definition) is 0. The largest absolute Gasteiger partial charge is 0.488 e. The van der Waals surface area contributed by atoms with Gasteiger partial charge >= 0.3 is 0 Å². The number of ether oxygens (including phenoxy) is 1. The van der Waals surface area contributed by atoms with Crippen LogP contribution in [0.5, 0.6) is 5.75 Å². The summed E-state index contributed by atoms with van der Waals surface area (Å²) in [6.45, 7) is 5.74. The Balaban J connectivity index is 1.93. The zero-order chi connectivity index (χ0) is 15.1. The molecule has 1 aliphatic rings. The van der Waals surface area contributed by atoms with E-state index in [4.69, 9.17) is 9.26 Å². The number of carbonyl (C=O) groups is 1. The van der Waals surface area contributed by atoms with Gasteiger partial charge in [0.05, 0.1) is 16.8 Å². The third kappa shape index (κ3) is 2.22. The molecule has 0 fully saturated rings. The molecule has 1 heterocycles. The molecule has 0 saturated heterocycles. The van der Waals surface area contributed by atoms with Crippen molar-refractivity contribution in [2.45, 2.75) is 39.7 Å². The molecule has 4 nitrogen and oxygen atoms in total. The molecule has 0 spiro atoms. The molecule has 0 bridgehead atoms. The first-order chi connectivity index (χ1) is 9.99. The monoisotopic (exact) mass is 289 g/mol. The van der Waals surface area contributed by atoms with Gasteiger partial charge in [-0.15, -0.1) is 0 Å². The molecule has 3 rings (SSSR count). The summed E-state index contributed by atoms with van der Waals surface area (Å²) in [5.41, 5.74) is 2.46. The maximum atomic E-state index is 13.9. The molecule has 5 heteroatoms. The Kier molecular flexibility index (Phi) is 3.27. The van der Waals surface area contributed by atoms with E-state index in [1.165, 1.54) is 12.1 Å². The number of fused-ring (bicyclic) bond motifs is 1. The van der Waals surface area contributed by atoms with Gasteiger partial charge in [0, 0.05) is 12.0 Å². The van der Waals surface area contributed by atoms with Gasteiger partial charge in [-0.3, -0.25) is 4.79 Å². The normalized spacial score (nSPS) is 17.1. The number of aromatic nitrogens is 1. The molecule has 1 atom stereocenters. The summed E-state index contributed by atoms with van der Waals surface area (Å²) < 4.78 is 24.7. The van der Waals surface area contributed by atoms with Crippen LogP contribution < -0.4 is 4.74 Å². The SMILES string of the molecule is Cc1noc(C)c1COc1ccc(F)c2c1C(=O)C[C@H]2C. The van der Waals surface area contributed by atoms with Crippen molar-refractivity contribution >= 4 is 5.78 Å². The Bertz CT molecular complexity index is 701. The molecule has 0 unspecified atom stereocenters. The molecule has 0 radical (unpaired) electrons. The third-order valence-electron chi connectivity index (χ3n) is 3.97. The Morgan fingerprint density at radius 3 is 2.86 bits per heavy atom. The number of carbonyl (C=O) groups excluding carboxylic acids is 1. The molecule has 110 valence electrons. The van der Waals surface area contributed by atoms with E-state index < -0.39 is 0 Å². The average molecular weight is 289 g/mol. The van der Waals surface area contributed by atoms with E-state index in [1.807, 2.05) is 13.8 Å². The summed E-state index contributed by atoms with van der Waals surface area (Å²) in [7, 11) is 0. The first-order valence-corrected chi connectivity index (χ1v) is 6.89. The topological polar surface area (TPSA) is 52.3 Å². The first-order valence-electron chi connectivity index (χ1n) is 6.89. The maximum absolute atomic E-state index is 13.9. The number of Topliss-reactive ketones (excluding diaryl/α,β-unsaturated/α-hetero) is 1. The lowest BCUT2D eigenvalue weighted by Crippen LogP contribution is -2.03. The fourth-order valence-corrected chi connectivity index (χ4v) is 2.80. The highest BCUT2D eigenvalue weighted by atomic mass is 19.1. The first kappa shape index (κ1) is 13.8. The van der Waals surface area contributed by atoms with E-state index in [0.29, 0.717) is 29.1 Å². The standard InChI is InChI=1S/C16H16FNO3/c1-8-6-13(19)16-14(5-4-12(17)15(8)16)20-7-11-9(2)18-21-10(11)3/h4-5,8H,6-7H2,1-3H3/t8-/m1/s1. The van der Waals surface area contributed by atoms with Crippen LogP contribution in [-0.4, -0.2) is 10.9 Å². The molecule has 2 aromatic rings. The molecule has 1 aliphatic carbocycles. The number of ketones is 1. The number of rotatable bonds is 3. The number of hydrogen-bond acceptors (Lipinski definition) is 4. The van der Waals surface area contributed by atoms with E-state index in [9.17, 15) is 9.18 Å². The fourth-order valence-electron chi connectivity index (χ4n) is 2.80. The van der Waals surface area contributed by atoms with Crippen molar-refractivity contribution in [3.8, 4) is 5.75 Å². The lowest BCUT2D eigenvalue weighted by atomic mass is 10.0. The zero-order valence-electron chi connectivity index (χ0n) is 12.2. The number of halogens is 1. The van der Waals surface area contributed by atoms with E-state index in [2.05, 4.69) is 5.16 Å². The summed E-state index contributed by atoms with van der Waals surface area (Å²) in [4.78, 5) is 12.1. The highest BCUT2D eigenvalue weighted by Crippen LogP contribution is 2.40. The van der Waals surface area contributed by atoms with Crippen molar-refractivity contribution in [2.75, 3.05) is 0 Å². The second-order valence-electron chi connectivity index (χ2n) is 5.45. The van der Waals surface area contributed by atoms with E-state index >= 15 is 0 Å². The summed E-state index contributed by atoms with van der Waals surface area (Å²) in [6.07, 6.45) is 0.331. The van der Waals surface area contributed by atoms with Crippen LogP contribution in [0.4, 0.5) is 4.39 Å². The van der Waals surface area contributed by atoms with Gasteiger partial charge in [-0.1, -0.05) is 12.1 Å². The second-order valence-corrected chi connectivity index (χ2v) is 5.45. The average Bonchev–Trinajstić information content (AvgIpc) is 2.91. The maximum Gasteiger partial charge on any atom is 0.167 e. The third-order valence-corrected chi connectivity index (χ3v) is 3.97. The van der Waals surface area contributed by atoms with Gasteiger partial charge in [-0.2, -0.15) is 0 Å². The summed E-state index contributed by atoms with van der Waals surface area (Å²) in [5, 5.41) is 3.86. The molecule has 0 N–H and O–H groups in total. The van der Waals surface area contributed by atoms with Crippen LogP contribution in [0.2, 0.25) is 0 Å². The van der Waals surface area contributed by atoms with Crippen LogP contribution in [0.3, 0.4) is 0 Å². The highest BCUT2D eigenvalue weighted by Gasteiger charge is 2.32. The zero-order valence-corrected chi connectivity index (χ0v) is 12.2. The van der Waals surface area contributed by atoms with Crippen molar-refractivity contribution < 1.29 is 18.4 Å². The van der Waals surface area contributed by atoms with Crippen LogP contribution >= 0.6 is 0 Å².